The number of benzene rings is 6. The molecule has 0 bridgehead atoms. The van der Waals surface area contributed by atoms with Crippen LogP contribution in [0.25, 0.3) is 11.1 Å². The monoisotopic (exact) mass is 538 g/mol. The molecular formula is C36H27ClN2O. The van der Waals surface area contributed by atoms with Crippen LogP contribution >= 0.6 is 11.6 Å². The van der Waals surface area contributed by atoms with Crippen molar-refractivity contribution in [2.45, 2.75) is 0 Å². The van der Waals surface area contributed by atoms with Crippen molar-refractivity contribution in [2.24, 2.45) is 0 Å². The Labute approximate surface area is 239 Å². The van der Waals surface area contributed by atoms with Crippen LogP contribution < -0.4 is 9.80 Å². The zero-order chi connectivity index (χ0) is 27.3. The second-order valence-corrected chi connectivity index (χ2v) is 9.87. The van der Waals surface area contributed by atoms with Crippen LogP contribution in [0.4, 0.5) is 34.1 Å². The molecule has 0 aliphatic heterocycles. The maximum atomic E-state index is 10.1. The second-order valence-electron chi connectivity index (χ2n) is 9.44. The molecule has 0 radical (unpaired) electrons. The van der Waals surface area contributed by atoms with Gasteiger partial charge in [-0.2, -0.15) is 0 Å². The lowest BCUT2D eigenvalue weighted by Crippen LogP contribution is -2.09. The van der Waals surface area contributed by atoms with E-state index in [-0.39, 0.29) is 5.75 Å². The van der Waals surface area contributed by atoms with E-state index in [4.69, 9.17) is 11.6 Å². The van der Waals surface area contributed by atoms with E-state index in [2.05, 4.69) is 88.7 Å². The van der Waals surface area contributed by atoms with E-state index in [1.54, 1.807) is 12.1 Å². The Morgan fingerprint density at radius 1 is 0.375 bits per heavy atom. The van der Waals surface area contributed by atoms with Crippen LogP contribution in [0.5, 0.6) is 5.75 Å². The minimum atomic E-state index is 0.234. The molecule has 3 nitrogen and oxygen atoms in total. The summed E-state index contributed by atoms with van der Waals surface area (Å²) in [6, 6.07) is 52.7. The Balaban J connectivity index is 1.32. The fourth-order valence-corrected chi connectivity index (χ4v) is 5.09. The largest absolute Gasteiger partial charge is 0.508 e. The fraction of sp³-hybridized carbons (Fsp3) is 0. The van der Waals surface area contributed by atoms with Crippen molar-refractivity contribution >= 4 is 45.7 Å². The fourth-order valence-electron chi connectivity index (χ4n) is 4.90. The highest BCUT2D eigenvalue weighted by molar-refractivity contribution is 6.30. The second kappa shape index (κ2) is 11.4. The van der Waals surface area contributed by atoms with Gasteiger partial charge in [-0.25, -0.2) is 0 Å². The van der Waals surface area contributed by atoms with E-state index in [9.17, 15) is 5.11 Å². The lowest BCUT2D eigenvalue weighted by molar-refractivity contribution is 0.475. The van der Waals surface area contributed by atoms with Gasteiger partial charge in [0.25, 0.3) is 0 Å². The van der Waals surface area contributed by atoms with E-state index < -0.39 is 0 Å². The van der Waals surface area contributed by atoms with E-state index >= 15 is 0 Å². The van der Waals surface area contributed by atoms with Crippen LogP contribution in [0.15, 0.2) is 158 Å². The number of hydrogen-bond acceptors (Lipinski definition) is 3. The van der Waals surface area contributed by atoms with Crippen molar-refractivity contribution in [3.8, 4) is 16.9 Å². The van der Waals surface area contributed by atoms with Crippen LogP contribution in [0.2, 0.25) is 5.02 Å². The molecule has 0 saturated heterocycles. The van der Waals surface area contributed by atoms with E-state index in [1.165, 1.54) is 0 Å². The summed E-state index contributed by atoms with van der Waals surface area (Å²) in [5.41, 5.74) is 8.28. The third kappa shape index (κ3) is 5.42. The van der Waals surface area contributed by atoms with Crippen LogP contribution in [0.1, 0.15) is 0 Å². The molecule has 1 N–H and O–H groups in total. The average molecular weight is 539 g/mol. The van der Waals surface area contributed by atoms with Crippen molar-refractivity contribution in [3.05, 3.63) is 163 Å². The number of halogens is 1. The maximum Gasteiger partial charge on any atom is 0.117 e. The molecule has 194 valence electrons. The van der Waals surface area contributed by atoms with Crippen molar-refractivity contribution in [1.82, 2.24) is 0 Å². The molecule has 0 aliphatic rings. The molecule has 6 aromatic carbocycles. The highest BCUT2D eigenvalue weighted by atomic mass is 35.5. The molecule has 0 aliphatic carbocycles. The van der Waals surface area contributed by atoms with Gasteiger partial charge >= 0.3 is 0 Å². The van der Waals surface area contributed by atoms with Gasteiger partial charge in [0.05, 0.1) is 0 Å². The highest BCUT2D eigenvalue weighted by Gasteiger charge is 2.15. The Hall–Kier alpha value is -4.99. The summed E-state index contributed by atoms with van der Waals surface area (Å²) >= 11 is 6.35. The average Bonchev–Trinajstić information content (AvgIpc) is 3.00. The number of rotatable bonds is 7. The maximum absolute atomic E-state index is 10.1. The predicted molar refractivity (Wildman–Crippen MR) is 168 cm³/mol. The molecule has 0 spiro atoms. The number of anilines is 6. The van der Waals surface area contributed by atoms with Crippen molar-refractivity contribution in [3.63, 3.8) is 0 Å². The Morgan fingerprint density at radius 3 is 1.23 bits per heavy atom. The molecule has 0 atom stereocenters. The van der Waals surface area contributed by atoms with Crippen LogP contribution in [0, 0.1) is 0 Å². The molecule has 0 aromatic heterocycles. The van der Waals surface area contributed by atoms with Crippen LogP contribution in [0.3, 0.4) is 0 Å². The Morgan fingerprint density at radius 2 is 0.775 bits per heavy atom. The number of aromatic hydroxyl groups is 1. The quantitative estimate of drug-likeness (QED) is 0.219. The summed E-state index contributed by atoms with van der Waals surface area (Å²) in [4.78, 5) is 4.33. The summed E-state index contributed by atoms with van der Waals surface area (Å²) < 4.78 is 0. The van der Waals surface area contributed by atoms with E-state index in [0.29, 0.717) is 5.02 Å². The van der Waals surface area contributed by atoms with Crippen LogP contribution in [-0.4, -0.2) is 5.11 Å². The Bertz CT molecular complexity index is 1570. The first-order valence-electron chi connectivity index (χ1n) is 13.1. The molecular weight excluding hydrogens is 512 g/mol. The van der Waals surface area contributed by atoms with Gasteiger partial charge in [0.2, 0.25) is 0 Å². The number of hydrogen-bond donors (Lipinski definition) is 1. The number of phenolic OH excluding ortho intramolecular Hbond substituents is 1. The Kier molecular flexibility index (Phi) is 7.21. The van der Waals surface area contributed by atoms with Gasteiger partial charge in [0, 0.05) is 45.2 Å². The standard InChI is InChI=1S/C36H27ClN2O/c37-29-9-7-14-34(25-29)38(30-10-3-1-4-11-30)32-21-17-27(18-22-32)28-19-23-33(24-20-28)39(31-12-5-2-6-13-31)35-15-8-16-36(40)26-35/h1-26,40H. The van der Waals surface area contributed by atoms with Gasteiger partial charge in [-0.3, -0.25) is 0 Å². The minimum Gasteiger partial charge on any atom is -0.508 e. The normalized spacial score (nSPS) is 10.7. The first-order chi connectivity index (χ1) is 19.7. The third-order valence-corrected chi connectivity index (χ3v) is 7.00. The molecule has 0 unspecified atom stereocenters. The molecule has 0 saturated carbocycles. The first kappa shape index (κ1) is 25.3. The SMILES string of the molecule is Oc1cccc(N(c2ccccc2)c2ccc(-c3ccc(N(c4ccccc4)c4cccc(Cl)c4)cc3)cc2)c1. The molecule has 6 aromatic rings. The zero-order valence-corrected chi connectivity index (χ0v) is 22.5. The van der Waals surface area contributed by atoms with Gasteiger partial charge in [0.1, 0.15) is 5.75 Å². The van der Waals surface area contributed by atoms with Crippen molar-refractivity contribution in [1.29, 1.82) is 0 Å². The van der Waals surface area contributed by atoms with Gasteiger partial charge in [-0.15, -0.1) is 0 Å². The van der Waals surface area contributed by atoms with Crippen molar-refractivity contribution in [2.75, 3.05) is 9.80 Å². The van der Waals surface area contributed by atoms with Gasteiger partial charge in [0.15, 0.2) is 0 Å². The molecule has 0 heterocycles. The first-order valence-corrected chi connectivity index (χ1v) is 13.5. The lowest BCUT2D eigenvalue weighted by Gasteiger charge is -2.26. The smallest absolute Gasteiger partial charge is 0.117 e. The number of phenols is 1. The summed E-state index contributed by atoms with van der Waals surface area (Å²) in [7, 11) is 0. The molecule has 6 rings (SSSR count). The number of para-hydroxylation sites is 2. The molecule has 0 amide bonds. The molecule has 40 heavy (non-hydrogen) atoms. The molecule has 0 fully saturated rings. The van der Waals surface area contributed by atoms with Crippen LogP contribution in [-0.2, 0) is 0 Å². The van der Waals surface area contributed by atoms with E-state index in [0.717, 1.165) is 45.3 Å². The van der Waals surface area contributed by atoms with Gasteiger partial charge < -0.3 is 14.9 Å². The summed E-state index contributed by atoms with van der Waals surface area (Å²) in [5.74, 6) is 0.234. The summed E-state index contributed by atoms with van der Waals surface area (Å²) in [6.45, 7) is 0. The predicted octanol–water partition coefficient (Wildman–Crippen LogP) is 10.7. The van der Waals surface area contributed by atoms with Gasteiger partial charge in [-0.1, -0.05) is 84.4 Å². The zero-order valence-electron chi connectivity index (χ0n) is 21.7. The lowest BCUT2D eigenvalue weighted by atomic mass is 10.0. The summed E-state index contributed by atoms with van der Waals surface area (Å²) in [6.07, 6.45) is 0. The van der Waals surface area contributed by atoms with E-state index in [1.807, 2.05) is 66.7 Å². The minimum absolute atomic E-state index is 0.234. The van der Waals surface area contributed by atoms with Gasteiger partial charge in [-0.05, 0) is 90.0 Å². The highest BCUT2D eigenvalue weighted by Crippen LogP contribution is 2.38. The van der Waals surface area contributed by atoms with Crippen molar-refractivity contribution < 1.29 is 5.11 Å². The number of nitrogens with zero attached hydrogens (tertiary/aromatic N) is 2. The third-order valence-electron chi connectivity index (χ3n) is 6.77. The molecule has 4 heteroatoms. The topological polar surface area (TPSA) is 26.7 Å². The summed E-state index contributed by atoms with van der Waals surface area (Å²) in [5, 5.41) is 10.8.